The van der Waals surface area contributed by atoms with Gasteiger partial charge in [0.15, 0.2) is 0 Å². The molecule has 2 N–H and O–H groups in total. The minimum Gasteiger partial charge on any atom is -0.756 e. The zero-order valence-corrected chi connectivity index (χ0v) is 43.2. The summed E-state index contributed by atoms with van der Waals surface area (Å²) in [4.78, 5) is 25.2. The summed E-state index contributed by atoms with van der Waals surface area (Å²) in [5.41, 5.74) is 0. The third-order valence-electron chi connectivity index (χ3n) is 12.1. The summed E-state index contributed by atoms with van der Waals surface area (Å²) in [5.74, 6) is -0.200. The number of nitrogens with zero attached hydrogens (tertiary/aromatic N) is 1. The fourth-order valence-electron chi connectivity index (χ4n) is 7.83. The number of hydrogen-bond donors (Lipinski definition) is 2. The molecule has 0 radical (unpaired) electrons. The highest BCUT2D eigenvalue weighted by Gasteiger charge is 2.23. The third kappa shape index (κ3) is 48.5. The average Bonchev–Trinajstić information content (AvgIpc) is 3.24. The van der Waals surface area contributed by atoms with Crippen LogP contribution in [0.3, 0.4) is 0 Å². The number of nitrogens with one attached hydrogen (secondary N) is 1. The number of phosphoric acid groups is 1. The molecule has 0 heterocycles. The molecule has 63 heavy (non-hydrogen) atoms. The van der Waals surface area contributed by atoms with Crippen LogP contribution < -0.4 is 10.2 Å². The molecule has 0 aliphatic carbocycles. The van der Waals surface area contributed by atoms with E-state index in [1.165, 1.54) is 180 Å². The van der Waals surface area contributed by atoms with Gasteiger partial charge < -0.3 is 28.8 Å². The fraction of sp³-hybridized carbons (Fsp3) is 0.870. The molecular weight excluding hydrogens is 804 g/mol. The van der Waals surface area contributed by atoms with Crippen molar-refractivity contribution in [3.8, 4) is 0 Å². The first-order valence-corrected chi connectivity index (χ1v) is 28.3. The zero-order chi connectivity index (χ0) is 46.4. The van der Waals surface area contributed by atoms with Gasteiger partial charge in [0, 0.05) is 6.42 Å². The van der Waals surface area contributed by atoms with E-state index in [0.29, 0.717) is 17.4 Å². The number of amides is 1. The van der Waals surface area contributed by atoms with Gasteiger partial charge in [-0.3, -0.25) is 9.36 Å². The van der Waals surface area contributed by atoms with E-state index in [1.807, 2.05) is 27.2 Å². The minimum absolute atomic E-state index is 0.000291. The molecule has 0 saturated carbocycles. The van der Waals surface area contributed by atoms with Gasteiger partial charge in [-0.2, -0.15) is 0 Å². The van der Waals surface area contributed by atoms with E-state index in [2.05, 4.69) is 43.5 Å². The van der Waals surface area contributed by atoms with E-state index in [-0.39, 0.29) is 19.1 Å². The molecule has 3 unspecified atom stereocenters. The lowest BCUT2D eigenvalue weighted by Gasteiger charge is -2.29. The van der Waals surface area contributed by atoms with Crippen LogP contribution in [0.4, 0.5) is 0 Å². The van der Waals surface area contributed by atoms with Crippen LogP contribution in [0, 0.1) is 0 Å². The highest BCUT2D eigenvalue weighted by Crippen LogP contribution is 2.38. The van der Waals surface area contributed by atoms with Gasteiger partial charge in [0.1, 0.15) is 13.2 Å². The van der Waals surface area contributed by atoms with Gasteiger partial charge in [-0.25, -0.2) is 0 Å². The molecule has 8 nitrogen and oxygen atoms in total. The molecular formula is C54H105N2O6P. The van der Waals surface area contributed by atoms with Crippen LogP contribution in [0.2, 0.25) is 0 Å². The lowest BCUT2D eigenvalue weighted by atomic mass is 10.0. The van der Waals surface area contributed by atoms with E-state index < -0.39 is 20.0 Å². The molecule has 9 heteroatoms. The average molecular weight is 909 g/mol. The predicted octanol–water partition coefficient (Wildman–Crippen LogP) is 15.2. The summed E-state index contributed by atoms with van der Waals surface area (Å²) in [6, 6.07) is -0.880. The Morgan fingerprint density at radius 3 is 1.33 bits per heavy atom. The van der Waals surface area contributed by atoms with Crippen LogP contribution in [-0.4, -0.2) is 68.5 Å². The number of carbonyl (C=O) groups excluding carboxylic acids is 1. The molecule has 0 saturated heterocycles. The number of rotatable bonds is 49. The van der Waals surface area contributed by atoms with Crippen LogP contribution in [0.25, 0.3) is 0 Å². The smallest absolute Gasteiger partial charge is 0.268 e. The highest BCUT2D eigenvalue weighted by molar-refractivity contribution is 7.45. The Morgan fingerprint density at radius 1 is 0.556 bits per heavy atom. The summed E-state index contributed by atoms with van der Waals surface area (Å²) in [5, 5.41) is 13.6. The predicted molar refractivity (Wildman–Crippen MR) is 270 cm³/mol. The first kappa shape index (κ1) is 61.7. The normalized spacial score (nSPS) is 14.3. The standard InChI is InChI=1S/C54H105N2O6P/c1-6-8-10-12-14-15-16-17-18-19-20-21-22-23-24-25-26-27-28-29-30-31-32-33-34-35-36-37-38-39-40-41-42-44-46-48-54(58)55-52(53(57)47-45-43-13-11-9-7-2)51-62-63(59,60)61-50-49-56(3,4)5/h16-17,19-20,45,47,52-53,57H,6-15,18,21-44,46,48-51H2,1-5H3,(H-,55,58,59,60)/b17-16-,20-19-,47-45+. The topological polar surface area (TPSA) is 108 Å². The minimum atomic E-state index is -4.57. The number of unbranched alkanes of at least 4 members (excludes halogenated alkanes) is 32. The summed E-state index contributed by atoms with van der Waals surface area (Å²) in [7, 11) is 1.26. The van der Waals surface area contributed by atoms with Crippen molar-refractivity contribution < 1.29 is 32.9 Å². The van der Waals surface area contributed by atoms with Crippen molar-refractivity contribution in [2.75, 3.05) is 40.9 Å². The third-order valence-corrected chi connectivity index (χ3v) is 13.1. The Bertz CT molecular complexity index is 1120. The van der Waals surface area contributed by atoms with Crippen LogP contribution in [0.1, 0.15) is 251 Å². The maximum atomic E-state index is 12.8. The molecule has 0 aliphatic rings. The summed E-state index contributed by atoms with van der Waals surface area (Å²) < 4.78 is 23.1. The molecule has 0 aromatic rings. The Labute approximate surface area is 391 Å². The SMILES string of the molecule is CCCCCC/C=C/C(O)C(COP(=O)([O-])OCC[N+](C)(C)C)NC(=O)CCCCCCCCCCCCCCCCCCCCCCCCC/C=C\C/C=C\CCCCCCC. The molecule has 3 atom stereocenters. The maximum Gasteiger partial charge on any atom is 0.268 e. The Morgan fingerprint density at radius 2 is 0.921 bits per heavy atom. The molecule has 0 rings (SSSR count). The van der Waals surface area contributed by atoms with Gasteiger partial charge >= 0.3 is 0 Å². The second-order valence-electron chi connectivity index (χ2n) is 19.6. The van der Waals surface area contributed by atoms with Crippen LogP contribution in [-0.2, 0) is 18.4 Å². The fourth-order valence-corrected chi connectivity index (χ4v) is 8.55. The van der Waals surface area contributed by atoms with E-state index in [4.69, 9.17) is 9.05 Å². The van der Waals surface area contributed by atoms with Crippen molar-refractivity contribution in [2.45, 2.75) is 264 Å². The quantitative estimate of drug-likeness (QED) is 0.0272. The van der Waals surface area contributed by atoms with Crippen molar-refractivity contribution >= 4 is 13.7 Å². The van der Waals surface area contributed by atoms with Gasteiger partial charge in [0.25, 0.3) is 7.82 Å². The number of aliphatic hydroxyl groups excluding tert-OH is 1. The van der Waals surface area contributed by atoms with Crippen LogP contribution in [0.5, 0.6) is 0 Å². The van der Waals surface area contributed by atoms with Gasteiger partial charge in [-0.05, 0) is 51.4 Å². The van der Waals surface area contributed by atoms with E-state index >= 15 is 0 Å². The first-order valence-electron chi connectivity index (χ1n) is 26.9. The first-order chi connectivity index (χ1) is 30.5. The Hall–Kier alpha value is -1.28. The maximum absolute atomic E-state index is 12.8. The molecule has 0 aliphatic heterocycles. The van der Waals surface area contributed by atoms with E-state index in [9.17, 15) is 19.4 Å². The molecule has 0 aromatic heterocycles. The number of phosphoric ester groups is 1. The van der Waals surface area contributed by atoms with Crippen molar-refractivity contribution in [1.82, 2.24) is 5.32 Å². The number of hydrogen-bond acceptors (Lipinski definition) is 6. The largest absolute Gasteiger partial charge is 0.756 e. The summed E-state index contributed by atoms with van der Waals surface area (Å²) in [6.45, 7) is 4.56. The van der Waals surface area contributed by atoms with Crippen molar-refractivity contribution in [3.63, 3.8) is 0 Å². The molecule has 1 amide bonds. The number of quaternary nitrogens is 1. The van der Waals surface area contributed by atoms with Gasteiger partial charge in [0.05, 0.1) is 39.9 Å². The number of allylic oxidation sites excluding steroid dienone is 5. The van der Waals surface area contributed by atoms with Crippen molar-refractivity contribution in [1.29, 1.82) is 0 Å². The van der Waals surface area contributed by atoms with Gasteiger partial charge in [-0.15, -0.1) is 0 Å². The lowest BCUT2D eigenvalue weighted by Crippen LogP contribution is -2.45. The highest BCUT2D eigenvalue weighted by atomic mass is 31.2. The molecule has 0 fully saturated rings. The Balaban J connectivity index is 3.77. The number of carbonyl (C=O) groups is 1. The van der Waals surface area contributed by atoms with Gasteiger partial charge in [-0.1, -0.05) is 230 Å². The number of aliphatic hydroxyl groups is 1. The van der Waals surface area contributed by atoms with E-state index in [1.54, 1.807) is 6.08 Å². The summed E-state index contributed by atoms with van der Waals surface area (Å²) >= 11 is 0. The van der Waals surface area contributed by atoms with Gasteiger partial charge in [0.2, 0.25) is 5.91 Å². The second-order valence-corrected chi connectivity index (χ2v) is 21.0. The van der Waals surface area contributed by atoms with Crippen LogP contribution >= 0.6 is 7.82 Å². The zero-order valence-electron chi connectivity index (χ0n) is 42.3. The molecule has 0 bridgehead atoms. The number of likely N-dealkylation sites (N-methyl/N-ethyl adjacent to an activating group) is 1. The van der Waals surface area contributed by atoms with Crippen molar-refractivity contribution in [3.05, 3.63) is 36.5 Å². The monoisotopic (exact) mass is 909 g/mol. The van der Waals surface area contributed by atoms with E-state index in [0.717, 1.165) is 51.4 Å². The Kier molecular flexibility index (Phi) is 44.9. The molecule has 372 valence electrons. The molecule has 0 aromatic carbocycles. The van der Waals surface area contributed by atoms with Crippen LogP contribution in [0.15, 0.2) is 36.5 Å². The summed E-state index contributed by atoms with van der Waals surface area (Å²) in [6.07, 6.45) is 58.5. The van der Waals surface area contributed by atoms with Crippen molar-refractivity contribution in [2.24, 2.45) is 0 Å². The lowest BCUT2D eigenvalue weighted by molar-refractivity contribution is -0.870. The second kappa shape index (κ2) is 45.9. The molecule has 0 spiro atoms.